The topological polar surface area (TPSA) is 92.3 Å². The lowest BCUT2D eigenvalue weighted by molar-refractivity contribution is -0.119. The van der Waals surface area contributed by atoms with Gasteiger partial charge in [0.2, 0.25) is 5.75 Å². The fourth-order valence-electron chi connectivity index (χ4n) is 2.87. The lowest BCUT2D eigenvalue weighted by Gasteiger charge is -2.14. The number of ether oxygens (including phenoxy) is 5. The number of para-hydroxylation sites is 3. The summed E-state index contributed by atoms with van der Waals surface area (Å²) in [6, 6.07) is 19.0. The van der Waals surface area contributed by atoms with E-state index in [1.807, 2.05) is 18.2 Å². The highest BCUT2D eigenvalue weighted by Gasteiger charge is 2.19. The molecular weight excluding hydrogens is 414 g/mol. The number of carbonyl (C=O) groups is 2. The van der Waals surface area contributed by atoms with Crippen molar-refractivity contribution in [1.82, 2.24) is 0 Å². The van der Waals surface area contributed by atoms with Crippen LogP contribution in [-0.4, -0.2) is 39.8 Å². The van der Waals surface area contributed by atoms with Crippen molar-refractivity contribution >= 4 is 17.6 Å². The quantitative estimate of drug-likeness (QED) is 0.499. The first-order valence-electron chi connectivity index (χ1n) is 9.64. The Kier molecular flexibility index (Phi) is 7.53. The highest BCUT2D eigenvalue weighted by atomic mass is 16.5. The van der Waals surface area contributed by atoms with E-state index in [1.165, 1.54) is 33.5 Å². The summed E-state index contributed by atoms with van der Waals surface area (Å²) in [5.74, 6) is 0.805. The molecule has 0 aromatic heterocycles. The first-order valence-corrected chi connectivity index (χ1v) is 9.64. The van der Waals surface area contributed by atoms with Crippen LogP contribution < -0.4 is 24.3 Å². The van der Waals surface area contributed by atoms with Gasteiger partial charge in [0.1, 0.15) is 5.75 Å². The highest BCUT2D eigenvalue weighted by Crippen LogP contribution is 2.38. The molecule has 0 fully saturated rings. The zero-order chi connectivity index (χ0) is 22.9. The molecule has 8 heteroatoms. The van der Waals surface area contributed by atoms with Gasteiger partial charge in [-0.15, -0.1) is 0 Å². The second-order valence-corrected chi connectivity index (χ2v) is 6.45. The summed E-state index contributed by atoms with van der Waals surface area (Å²) < 4.78 is 26.7. The van der Waals surface area contributed by atoms with Crippen LogP contribution in [0, 0.1) is 0 Å². The predicted molar refractivity (Wildman–Crippen MR) is 118 cm³/mol. The summed E-state index contributed by atoms with van der Waals surface area (Å²) in [4.78, 5) is 24.9. The van der Waals surface area contributed by atoms with E-state index in [-0.39, 0.29) is 5.56 Å². The molecule has 0 aliphatic carbocycles. The SMILES string of the molecule is COc1cc(C(=O)OCC(=O)Nc2ccccc2Oc2ccccc2)cc(OC)c1OC. The van der Waals surface area contributed by atoms with Gasteiger partial charge >= 0.3 is 5.97 Å². The lowest BCUT2D eigenvalue weighted by atomic mass is 10.2. The third kappa shape index (κ3) is 5.48. The second kappa shape index (κ2) is 10.7. The van der Waals surface area contributed by atoms with Crippen LogP contribution in [0.15, 0.2) is 66.7 Å². The molecule has 3 rings (SSSR count). The summed E-state index contributed by atoms with van der Waals surface area (Å²) in [5.41, 5.74) is 0.602. The Morgan fingerprint density at radius 2 is 1.41 bits per heavy atom. The molecule has 0 aliphatic heterocycles. The maximum atomic E-state index is 12.5. The summed E-state index contributed by atoms with van der Waals surface area (Å²) in [6.07, 6.45) is 0. The minimum Gasteiger partial charge on any atom is -0.493 e. The molecule has 0 spiro atoms. The van der Waals surface area contributed by atoms with Gasteiger partial charge in [-0.1, -0.05) is 30.3 Å². The van der Waals surface area contributed by atoms with Crippen molar-refractivity contribution in [3.8, 4) is 28.7 Å². The molecule has 0 unspecified atom stereocenters. The van der Waals surface area contributed by atoms with E-state index in [2.05, 4.69) is 5.32 Å². The normalized spacial score (nSPS) is 10.1. The Hall–Kier alpha value is -4.20. The van der Waals surface area contributed by atoms with Crippen LogP contribution in [0.4, 0.5) is 5.69 Å². The number of amides is 1. The van der Waals surface area contributed by atoms with Gasteiger partial charge < -0.3 is 29.0 Å². The van der Waals surface area contributed by atoms with Crippen molar-refractivity contribution in [3.05, 3.63) is 72.3 Å². The molecule has 0 saturated heterocycles. The van der Waals surface area contributed by atoms with Crippen LogP contribution in [0.1, 0.15) is 10.4 Å². The number of esters is 1. The third-order valence-electron chi connectivity index (χ3n) is 4.37. The van der Waals surface area contributed by atoms with E-state index in [0.717, 1.165) is 0 Å². The predicted octanol–water partition coefficient (Wildman–Crippen LogP) is 4.30. The van der Waals surface area contributed by atoms with Crippen LogP contribution in [0.5, 0.6) is 28.7 Å². The minimum atomic E-state index is -0.715. The Labute approximate surface area is 185 Å². The molecule has 32 heavy (non-hydrogen) atoms. The van der Waals surface area contributed by atoms with E-state index >= 15 is 0 Å². The molecule has 0 heterocycles. The van der Waals surface area contributed by atoms with Gasteiger partial charge in [0.15, 0.2) is 23.9 Å². The standard InChI is InChI=1S/C24H23NO7/c1-28-20-13-16(14-21(29-2)23(20)30-3)24(27)31-15-22(26)25-18-11-7-8-12-19(18)32-17-9-5-4-6-10-17/h4-14H,15H2,1-3H3,(H,25,26). The van der Waals surface area contributed by atoms with Crippen molar-refractivity contribution in [2.75, 3.05) is 33.3 Å². The number of carbonyl (C=O) groups excluding carboxylic acids is 2. The number of rotatable bonds is 9. The van der Waals surface area contributed by atoms with E-state index < -0.39 is 18.5 Å². The zero-order valence-electron chi connectivity index (χ0n) is 17.9. The van der Waals surface area contributed by atoms with E-state index in [9.17, 15) is 9.59 Å². The van der Waals surface area contributed by atoms with Crippen molar-refractivity contribution in [3.63, 3.8) is 0 Å². The first kappa shape index (κ1) is 22.5. The van der Waals surface area contributed by atoms with E-state index in [1.54, 1.807) is 36.4 Å². The molecule has 1 amide bonds. The van der Waals surface area contributed by atoms with E-state index in [0.29, 0.717) is 34.4 Å². The molecule has 0 bridgehead atoms. The van der Waals surface area contributed by atoms with Crippen LogP contribution in [-0.2, 0) is 9.53 Å². The number of anilines is 1. The fraction of sp³-hybridized carbons (Fsp3) is 0.167. The average Bonchev–Trinajstić information content (AvgIpc) is 2.83. The third-order valence-corrected chi connectivity index (χ3v) is 4.37. The number of hydrogen-bond acceptors (Lipinski definition) is 7. The van der Waals surface area contributed by atoms with Crippen molar-refractivity contribution in [2.45, 2.75) is 0 Å². The lowest BCUT2D eigenvalue weighted by Crippen LogP contribution is -2.21. The summed E-state index contributed by atoms with van der Waals surface area (Å²) in [5, 5.41) is 2.69. The van der Waals surface area contributed by atoms with Gasteiger partial charge in [0, 0.05) is 0 Å². The van der Waals surface area contributed by atoms with Gasteiger partial charge in [-0.25, -0.2) is 4.79 Å². The number of methoxy groups -OCH3 is 3. The van der Waals surface area contributed by atoms with E-state index in [4.69, 9.17) is 23.7 Å². The second-order valence-electron chi connectivity index (χ2n) is 6.45. The van der Waals surface area contributed by atoms with Crippen molar-refractivity contribution < 1.29 is 33.3 Å². The van der Waals surface area contributed by atoms with Crippen molar-refractivity contribution in [1.29, 1.82) is 0 Å². The molecule has 3 aromatic carbocycles. The molecule has 166 valence electrons. The average molecular weight is 437 g/mol. The molecular formula is C24H23NO7. The first-order chi connectivity index (χ1) is 15.5. The van der Waals surface area contributed by atoms with Gasteiger partial charge in [-0.2, -0.15) is 0 Å². The van der Waals surface area contributed by atoms with Gasteiger partial charge in [0.25, 0.3) is 5.91 Å². The fourth-order valence-corrected chi connectivity index (χ4v) is 2.87. The number of hydrogen-bond donors (Lipinski definition) is 1. The van der Waals surface area contributed by atoms with Crippen molar-refractivity contribution in [2.24, 2.45) is 0 Å². The Morgan fingerprint density at radius 1 is 0.781 bits per heavy atom. The monoisotopic (exact) mass is 437 g/mol. The molecule has 8 nitrogen and oxygen atoms in total. The van der Waals surface area contributed by atoms with Crippen LogP contribution in [0.25, 0.3) is 0 Å². The van der Waals surface area contributed by atoms with Crippen LogP contribution in [0.3, 0.4) is 0 Å². The van der Waals surface area contributed by atoms with Crippen LogP contribution in [0.2, 0.25) is 0 Å². The van der Waals surface area contributed by atoms with Crippen LogP contribution >= 0.6 is 0 Å². The molecule has 0 atom stereocenters. The molecule has 3 aromatic rings. The molecule has 0 radical (unpaired) electrons. The zero-order valence-corrected chi connectivity index (χ0v) is 17.9. The van der Waals surface area contributed by atoms with Gasteiger partial charge in [-0.3, -0.25) is 4.79 Å². The maximum Gasteiger partial charge on any atom is 0.338 e. The Bertz CT molecular complexity index is 1060. The summed E-state index contributed by atoms with van der Waals surface area (Å²) in [6.45, 7) is -0.491. The van der Waals surface area contributed by atoms with Gasteiger partial charge in [-0.05, 0) is 36.4 Å². The number of nitrogens with one attached hydrogen (secondary N) is 1. The molecule has 1 N–H and O–H groups in total. The summed E-state index contributed by atoms with van der Waals surface area (Å²) in [7, 11) is 4.34. The Morgan fingerprint density at radius 3 is 2.03 bits per heavy atom. The maximum absolute atomic E-state index is 12.5. The number of benzene rings is 3. The minimum absolute atomic E-state index is 0.153. The Balaban J connectivity index is 1.65. The largest absolute Gasteiger partial charge is 0.493 e. The highest BCUT2D eigenvalue weighted by molar-refractivity contribution is 5.97. The molecule has 0 saturated carbocycles. The molecule has 0 aliphatic rings. The summed E-state index contributed by atoms with van der Waals surface area (Å²) >= 11 is 0. The van der Waals surface area contributed by atoms with Gasteiger partial charge in [0.05, 0.1) is 32.6 Å². The smallest absolute Gasteiger partial charge is 0.338 e.